The summed E-state index contributed by atoms with van der Waals surface area (Å²) in [5.74, 6) is -1.71. The second-order valence-corrected chi connectivity index (χ2v) is 8.07. The Morgan fingerprint density at radius 1 is 1.44 bits per heavy atom. The first-order valence-corrected chi connectivity index (χ1v) is 10.0. The minimum atomic E-state index is -4.38. The average molecular weight is 412 g/mol. The third-order valence-corrected chi connectivity index (χ3v) is 3.98. The van der Waals surface area contributed by atoms with Gasteiger partial charge in [-0.2, -0.15) is 0 Å². The van der Waals surface area contributed by atoms with E-state index in [1.807, 2.05) is 19.3 Å². The predicted octanol–water partition coefficient (Wildman–Crippen LogP) is 0.112. The molecule has 1 aliphatic heterocycles. The standard InChI is InChI=1S/C14H26FN4O7P/c1-8(2)4-5-26-18-13(20)11-10(15)12(16)19(14(21)17-11)6-9(3)25-7-27(22,23)24/h8-9,12H,4-7,16H2,1-3H3,(H,17,21)(H,18,20)(H2,22,23,24)/t9-,12?/m1/s1. The van der Waals surface area contributed by atoms with Crippen molar-refractivity contribution in [1.29, 1.82) is 0 Å². The van der Waals surface area contributed by atoms with Crippen molar-refractivity contribution in [2.24, 2.45) is 11.7 Å². The van der Waals surface area contributed by atoms with Gasteiger partial charge in [0.15, 0.2) is 5.83 Å². The molecule has 0 saturated heterocycles. The molecular weight excluding hydrogens is 386 g/mol. The Bertz CT molecular complexity index is 625. The largest absolute Gasteiger partial charge is 0.364 e. The summed E-state index contributed by atoms with van der Waals surface area (Å²) in [6.07, 6.45) is -2.57. The molecule has 0 aromatic carbocycles. The van der Waals surface area contributed by atoms with Gasteiger partial charge in [0, 0.05) is 0 Å². The summed E-state index contributed by atoms with van der Waals surface area (Å²) in [5, 5.41) is 2.08. The van der Waals surface area contributed by atoms with Gasteiger partial charge < -0.3 is 25.6 Å². The number of urea groups is 1. The van der Waals surface area contributed by atoms with Crippen LogP contribution >= 0.6 is 7.60 Å². The zero-order chi connectivity index (χ0) is 20.8. The minimum absolute atomic E-state index is 0.221. The number of carbonyl (C=O) groups is 2. The zero-order valence-electron chi connectivity index (χ0n) is 15.3. The van der Waals surface area contributed by atoms with Crippen LogP contribution in [-0.4, -0.2) is 58.4 Å². The van der Waals surface area contributed by atoms with Gasteiger partial charge in [-0.3, -0.25) is 19.1 Å². The third kappa shape index (κ3) is 7.91. The number of hydrogen-bond donors (Lipinski definition) is 5. The second kappa shape index (κ2) is 10.1. The van der Waals surface area contributed by atoms with Crippen molar-refractivity contribution >= 4 is 19.5 Å². The summed E-state index contributed by atoms with van der Waals surface area (Å²) < 4.78 is 30.1. The number of hydrogen-bond acceptors (Lipinski definition) is 6. The maximum atomic E-state index is 14.4. The Hall–Kier alpha value is -1.56. The molecule has 27 heavy (non-hydrogen) atoms. The molecule has 0 aliphatic carbocycles. The number of nitrogens with two attached hydrogens (primary N) is 1. The number of nitrogens with zero attached hydrogens (tertiary/aromatic N) is 1. The SMILES string of the molecule is CC(C)CCONC(=O)C1=C(F)C(N)N(C[C@@H](C)OCP(=O)(O)O)C(=O)N1. The lowest BCUT2D eigenvalue weighted by Crippen LogP contribution is -2.58. The first-order chi connectivity index (χ1) is 12.4. The maximum absolute atomic E-state index is 14.4. The van der Waals surface area contributed by atoms with E-state index < -0.39 is 49.7 Å². The second-order valence-electron chi connectivity index (χ2n) is 6.48. The lowest BCUT2D eigenvalue weighted by atomic mass is 10.1. The van der Waals surface area contributed by atoms with Crippen LogP contribution in [0.25, 0.3) is 0 Å². The van der Waals surface area contributed by atoms with Crippen molar-refractivity contribution in [3.63, 3.8) is 0 Å². The minimum Gasteiger partial charge on any atom is -0.364 e. The zero-order valence-corrected chi connectivity index (χ0v) is 16.2. The van der Waals surface area contributed by atoms with Gasteiger partial charge in [-0.25, -0.2) is 14.7 Å². The molecule has 1 rings (SSSR count). The van der Waals surface area contributed by atoms with Crippen LogP contribution in [0.4, 0.5) is 9.18 Å². The molecular formula is C14H26FN4O7P. The molecule has 0 saturated carbocycles. The van der Waals surface area contributed by atoms with Crippen molar-refractivity contribution in [3.05, 3.63) is 11.5 Å². The highest BCUT2D eigenvalue weighted by molar-refractivity contribution is 7.51. The molecule has 6 N–H and O–H groups in total. The molecule has 3 amide bonds. The van der Waals surface area contributed by atoms with Crippen LogP contribution in [0.5, 0.6) is 0 Å². The molecule has 0 aromatic heterocycles. The van der Waals surface area contributed by atoms with E-state index in [0.717, 1.165) is 4.90 Å². The summed E-state index contributed by atoms with van der Waals surface area (Å²) in [4.78, 5) is 47.4. The first kappa shape index (κ1) is 23.5. The van der Waals surface area contributed by atoms with Crippen LogP contribution in [0, 0.1) is 5.92 Å². The molecule has 13 heteroatoms. The molecule has 0 fully saturated rings. The van der Waals surface area contributed by atoms with Gasteiger partial charge in [-0.1, -0.05) is 13.8 Å². The van der Waals surface area contributed by atoms with Crippen LogP contribution in [0.1, 0.15) is 27.2 Å². The van der Waals surface area contributed by atoms with E-state index in [2.05, 4.69) is 5.32 Å². The molecule has 1 unspecified atom stereocenters. The molecule has 0 radical (unpaired) electrons. The molecule has 0 aromatic rings. The van der Waals surface area contributed by atoms with Crippen molar-refractivity contribution in [2.45, 2.75) is 39.5 Å². The lowest BCUT2D eigenvalue weighted by molar-refractivity contribution is -0.130. The van der Waals surface area contributed by atoms with Gasteiger partial charge in [0.25, 0.3) is 5.91 Å². The third-order valence-electron chi connectivity index (χ3n) is 3.50. The summed E-state index contributed by atoms with van der Waals surface area (Å²) >= 11 is 0. The van der Waals surface area contributed by atoms with Gasteiger partial charge in [0.05, 0.1) is 19.3 Å². The Morgan fingerprint density at radius 3 is 2.63 bits per heavy atom. The number of halogens is 1. The smallest absolute Gasteiger partial charge is 0.350 e. The van der Waals surface area contributed by atoms with Gasteiger partial charge in [-0.05, 0) is 19.3 Å². The Morgan fingerprint density at radius 2 is 2.07 bits per heavy atom. The highest BCUT2D eigenvalue weighted by atomic mass is 31.2. The first-order valence-electron chi connectivity index (χ1n) is 8.23. The van der Waals surface area contributed by atoms with E-state index in [4.69, 9.17) is 25.1 Å². The van der Waals surface area contributed by atoms with Crippen molar-refractivity contribution in [2.75, 3.05) is 19.5 Å². The molecule has 0 bridgehead atoms. The molecule has 0 spiro atoms. The topological polar surface area (TPSA) is 163 Å². The monoisotopic (exact) mass is 412 g/mol. The summed E-state index contributed by atoms with van der Waals surface area (Å²) in [7, 11) is -4.38. The average Bonchev–Trinajstić information content (AvgIpc) is 2.56. The van der Waals surface area contributed by atoms with Gasteiger partial charge >= 0.3 is 13.6 Å². The summed E-state index contributed by atoms with van der Waals surface area (Å²) in [6.45, 7) is 5.33. The highest BCUT2D eigenvalue weighted by Gasteiger charge is 2.36. The van der Waals surface area contributed by atoms with Crippen LogP contribution in [0.3, 0.4) is 0 Å². The number of carbonyl (C=O) groups excluding carboxylic acids is 2. The van der Waals surface area contributed by atoms with E-state index in [0.29, 0.717) is 12.3 Å². The number of nitrogens with one attached hydrogen (secondary N) is 2. The van der Waals surface area contributed by atoms with Gasteiger partial charge in [0.2, 0.25) is 0 Å². The fraction of sp³-hybridized carbons (Fsp3) is 0.714. The summed E-state index contributed by atoms with van der Waals surface area (Å²) in [5.41, 5.74) is 7.05. The normalized spacial score (nSPS) is 19.3. The molecule has 156 valence electrons. The van der Waals surface area contributed by atoms with E-state index in [1.165, 1.54) is 6.92 Å². The number of rotatable bonds is 10. The van der Waals surface area contributed by atoms with E-state index >= 15 is 0 Å². The van der Waals surface area contributed by atoms with E-state index in [9.17, 15) is 18.5 Å². The van der Waals surface area contributed by atoms with Gasteiger partial charge in [-0.15, -0.1) is 0 Å². The maximum Gasteiger partial charge on any atom is 0.350 e. The predicted molar refractivity (Wildman–Crippen MR) is 92.4 cm³/mol. The Kier molecular flexibility index (Phi) is 8.79. The number of hydroxylamine groups is 1. The van der Waals surface area contributed by atoms with E-state index in [1.54, 1.807) is 0 Å². The van der Waals surface area contributed by atoms with Crippen LogP contribution in [0.2, 0.25) is 0 Å². The fourth-order valence-corrected chi connectivity index (χ4v) is 2.48. The lowest BCUT2D eigenvalue weighted by Gasteiger charge is -2.34. The van der Waals surface area contributed by atoms with Crippen molar-refractivity contribution < 1.29 is 37.9 Å². The molecule has 1 aliphatic rings. The van der Waals surface area contributed by atoms with Crippen LogP contribution in [0.15, 0.2) is 11.5 Å². The number of ether oxygens (including phenoxy) is 1. The van der Waals surface area contributed by atoms with Gasteiger partial charge in [0.1, 0.15) is 18.2 Å². The van der Waals surface area contributed by atoms with Crippen LogP contribution in [-0.2, 0) is 18.9 Å². The Balaban J connectivity index is 2.67. The van der Waals surface area contributed by atoms with Crippen LogP contribution < -0.4 is 16.5 Å². The number of amides is 3. The fourth-order valence-electron chi connectivity index (χ4n) is 2.03. The quantitative estimate of drug-likeness (QED) is 0.192. The van der Waals surface area contributed by atoms with Crippen molar-refractivity contribution in [3.8, 4) is 0 Å². The summed E-state index contributed by atoms with van der Waals surface area (Å²) in [6, 6.07) is -0.858. The van der Waals surface area contributed by atoms with E-state index in [-0.39, 0.29) is 13.2 Å². The molecule has 11 nitrogen and oxygen atoms in total. The Labute approximate surface area is 156 Å². The molecule has 2 atom stereocenters. The molecule has 1 heterocycles. The van der Waals surface area contributed by atoms with Crippen molar-refractivity contribution in [1.82, 2.24) is 15.7 Å². The highest BCUT2D eigenvalue weighted by Crippen LogP contribution is 2.34.